The molecule has 0 aromatic heterocycles. The van der Waals surface area contributed by atoms with Crippen LogP contribution in [0.3, 0.4) is 0 Å². The molecule has 8 nitrogen and oxygen atoms in total. The maximum absolute atomic E-state index is 12.8. The third-order valence-electron chi connectivity index (χ3n) is 4.39. The third kappa shape index (κ3) is 3.71. The lowest BCUT2D eigenvalue weighted by molar-refractivity contribution is -0.131. The number of carbonyl (C=O) groups is 3. The van der Waals surface area contributed by atoms with Crippen LogP contribution in [-0.4, -0.2) is 36.2 Å². The van der Waals surface area contributed by atoms with Crippen LogP contribution in [0.1, 0.15) is 25.0 Å². The van der Waals surface area contributed by atoms with Crippen LogP contribution < -0.4 is 15.4 Å². The van der Waals surface area contributed by atoms with Crippen molar-refractivity contribution in [3.05, 3.63) is 59.7 Å². The fraction of sp³-hybridized carbons (Fsp3) is 0.200. The molecule has 1 fully saturated rings. The molecule has 4 amide bonds. The average Bonchev–Trinajstić information content (AvgIpc) is 2.90. The molecule has 0 spiro atoms. The topological polar surface area (TPSA) is 100 Å². The van der Waals surface area contributed by atoms with Gasteiger partial charge in [0.2, 0.25) is 5.91 Å². The van der Waals surface area contributed by atoms with E-state index in [1.54, 1.807) is 62.6 Å². The van der Waals surface area contributed by atoms with Crippen molar-refractivity contribution in [2.45, 2.75) is 19.4 Å². The van der Waals surface area contributed by atoms with E-state index in [0.717, 1.165) is 5.01 Å². The first-order valence-corrected chi connectivity index (χ1v) is 8.56. The number of urea groups is 1. The zero-order valence-electron chi connectivity index (χ0n) is 15.7. The van der Waals surface area contributed by atoms with Gasteiger partial charge in [-0.1, -0.05) is 24.3 Å². The van der Waals surface area contributed by atoms with Crippen molar-refractivity contribution in [1.29, 1.82) is 0 Å². The Balaban J connectivity index is 1.77. The number of hydrogen-bond donors (Lipinski definition) is 2. The zero-order valence-corrected chi connectivity index (χ0v) is 15.7. The molecule has 0 saturated carbocycles. The van der Waals surface area contributed by atoms with E-state index < -0.39 is 17.5 Å². The summed E-state index contributed by atoms with van der Waals surface area (Å²) < 4.78 is 5.12. The van der Waals surface area contributed by atoms with Gasteiger partial charge in [-0.2, -0.15) is 5.10 Å². The molecule has 144 valence electrons. The number of imide groups is 1. The predicted octanol–water partition coefficient (Wildman–Crippen LogP) is 2.45. The Morgan fingerprint density at radius 3 is 2.36 bits per heavy atom. The van der Waals surface area contributed by atoms with Crippen LogP contribution in [0.5, 0.6) is 5.75 Å². The predicted molar refractivity (Wildman–Crippen MR) is 104 cm³/mol. The van der Waals surface area contributed by atoms with Gasteiger partial charge in [0.15, 0.2) is 0 Å². The molecule has 8 heteroatoms. The van der Waals surface area contributed by atoms with Crippen LogP contribution in [0.15, 0.2) is 53.6 Å². The summed E-state index contributed by atoms with van der Waals surface area (Å²) in [6.07, 6.45) is 1.41. The normalized spacial score (nSPS) is 19.0. The first-order valence-electron chi connectivity index (χ1n) is 8.56. The molecular weight excluding hydrogens is 360 g/mol. The number of carbonyl (C=O) groups excluding carboxylic acids is 3. The Morgan fingerprint density at radius 2 is 1.79 bits per heavy atom. The van der Waals surface area contributed by atoms with Gasteiger partial charge in [0.1, 0.15) is 11.3 Å². The van der Waals surface area contributed by atoms with E-state index in [-0.39, 0.29) is 5.91 Å². The molecule has 1 saturated heterocycles. The molecule has 1 aliphatic rings. The summed E-state index contributed by atoms with van der Waals surface area (Å²) in [5, 5.41) is 10.2. The fourth-order valence-electron chi connectivity index (χ4n) is 2.83. The van der Waals surface area contributed by atoms with Crippen molar-refractivity contribution in [1.82, 2.24) is 10.3 Å². The molecule has 2 aromatic rings. The number of anilines is 1. The van der Waals surface area contributed by atoms with Gasteiger partial charge in [-0.25, -0.2) is 4.79 Å². The van der Waals surface area contributed by atoms with Gasteiger partial charge in [0, 0.05) is 12.6 Å². The van der Waals surface area contributed by atoms with E-state index in [1.807, 2.05) is 0 Å². The maximum Gasteiger partial charge on any atom is 0.346 e. The highest BCUT2D eigenvalue weighted by Gasteiger charge is 2.49. The largest absolute Gasteiger partial charge is 0.497 e. The Bertz CT molecular complexity index is 938. The number of nitrogens with zero attached hydrogens (tertiary/aromatic N) is 2. The summed E-state index contributed by atoms with van der Waals surface area (Å²) in [7, 11) is 1.55. The van der Waals surface area contributed by atoms with E-state index in [4.69, 9.17) is 4.74 Å². The fourth-order valence-corrected chi connectivity index (χ4v) is 2.83. The van der Waals surface area contributed by atoms with Crippen LogP contribution >= 0.6 is 0 Å². The lowest BCUT2D eigenvalue weighted by Crippen LogP contribution is -2.40. The SMILES string of the molecule is COc1ccc(C2(C)NC(=O)N(/N=C/c3ccc(NC(C)=O)cc3)C2=O)cc1. The molecule has 28 heavy (non-hydrogen) atoms. The molecule has 1 heterocycles. The standard InChI is InChI=1S/C20H20N4O4/c1-13(25)22-16-8-4-14(5-9-16)12-21-24-18(26)20(2,23-19(24)27)15-6-10-17(28-3)11-7-15/h4-12H,1-3H3,(H,22,25)(H,23,27)/b21-12+. The number of ether oxygens (including phenoxy) is 1. The summed E-state index contributed by atoms with van der Waals surface area (Å²) in [4.78, 5) is 36.2. The first kappa shape index (κ1) is 19.1. The van der Waals surface area contributed by atoms with Crippen molar-refractivity contribution in [2.75, 3.05) is 12.4 Å². The lowest BCUT2D eigenvalue weighted by Gasteiger charge is -2.21. The minimum absolute atomic E-state index is 0.168. The highest BCUT2D eigenvalue weighted by molar-refractivity contribution is 6.07. The van der Waals surface area contributed by atoms with Gasteiger partial charge >= 0.3 is 6.03 Å². The quantitative estimate of drug-likeness (QED) is 0.615. The van der Waals surface area contributed by atoms with E-state index in [1.165, 1.54) is 13.1 Å². The maximum atomic E-state index is 12.8. The van der Waals surface area contributed by atoms with E-state index in [2.05, 4.69) is 15.7 Å². The van der Waals surface area contributed by atoms with E-state index >= 15 is 0 Å². The molecule has 0 bridgehead atoms. The van der Waals surface area contributed by atoms with Gasteiger partial charge in [-0.3, -0.25) is 9.59 Å². The monoisotopic (exact) mass is 380 g/mol. The molecule has 1 atom stereocenters. The Labute approximate surface area is 162 Å². The number of amides is 4. The second-order valence-corrected chi connectivity index (χ2v) is 6.45. The highest BCUT2D eigenvalue weighted by atomic mass is 16.5. The smallest absolute Gasteiger partial charge is 0.346 e. The highest BCUT2D eigenvalue weighted by Crippen LogP contribution is 2.30. The summed E-state index contributed by atoms with van der Waals surface area (Å²) >= 11 is 0. The number of rotatable bonds is 5. The first-order chi connectivity index (χ1) is 13.3. The minimum Gasteiger partial charge on any atom is -0.497 e. The van der Waals surface area contributed by atoms with Crippen LogP contribution in [-0.2, 0) is 15.1 Å². The van der Waals surface area contributed by atoms with Crippen LogP contribution in [0.4, 0.5) is 10.5 Å². The van der Waals surface area contributed by atoms with Gasteiger partial charge in [0.25, 0.3) is 5.91 Å². The van der Waals surface area contributed by atoms with Crippen LogP contribution in [0.25, 0.3) is 0 Å². The molecule has 0 radical (unpaired) electrons. The van der Waals surface area contributed by atoms with Crippen molar-refractivity contribution in [2.24, 2.45) is 5.10 Å². The Hall–Kier alpha value is -3.68. The molecule has 1 aliphatic heterocycles. The molecular formula is C20H20N4O4. The summed E-state index contributed by atoms with van der Waals surface area (Å²) in [5.74, 6) is 0.00839. The molecule has 2 N–H and O–H groups in total. The summed E-state index contributed by atoms with van der Waals surface area (Å²) in [5.41, 5.74) is 0.735. The minimum atomic E-state index is -1.21. The van der Waals surface area contributed by atoms with E-state index in [0.29, 0.717) is 22.6 Å². The number of methoxy groups -OCH3 is 1. The molecule has 1 unspecified atom stereocenters. The van der Waals surface area contributed by atoms with Gasteiger partial charge in [-0.15, -0.1) is 5.01 Å². The van der Waals surface area contributed by atoms with Crippen molar-refractivity contribution in [3.63, 3.8) is 0 Å². The molecule has 0 aliphatic carbocycles. The molecule has 3 rings (SSSR count). The van der Waals surface area contributed by atoms with Gasteiger partial charge in [0.05, 0.1) is 13.3 Å². The van der Waals surface area contributed by atoms with Crippen molar-refractivity contribution in [3.8, 4) is 5.75 Å². The summed E-state index contributed by atoms with van der Waals surface area (Å²) in [6, 6.07) is 13.1. The number of benzene rings is 2. The second kappa shape index (κ2) is 7.51. The average molecular weight is 380 g/mol. The van der Waals surface area contributed by atoms with Crippen molar-refractivity contribution >= 4 is 29.7 Å². The van der Waals surface area contributed by atoms with Crippen LogP contribution in [0.2, 0.25) is 0 Å². The third-order valence-corrected chi connectivity index (χ3v) is 4.39. The summed E-state index contributed by atoms with van der Waals surface area (Å²) in [6.45, 7) is 3.06. The second-order valence-electron chi connectivity index (χ2n) is 6.45. The Morgan fingerprint density at radius 1 is 1.14 bits per heavy atom. The van der Waals surface area contributed by atoms with Gasteiger partial charge in [-0.05, 0) is 42.3 Å². The lowest BCUT2D eigenvalue weighted by atomic mass is 9.92. The van der Waals surface area contributed by atoms with Crippen molar-refractivity contribution < 1.29 is 19.1 Å². The van der Waals surface area contributed by atoms with Gasteiger partial charge < -0.3 is 15.4 Å². The number of hydrazone groups is 1. The number of nitrogens with one attached hydrogen (secondary N) is 2. The van der Waals surface area contributed by atoms with E-state index in [9.17, 15) is 14.4 Å². The Kier molecular flexibility index (Phi) is 5.12. The zero-order chi connectivity index (χ0) is 20.3. The molecule has 2 aromatic carbocycles. The number of hydrogen-bond acceptors (Lipinski definition) is 5. The van der Waals surface area contributed by atoms with Crippen LogP contribution in [0, 0.1) is 0 Å².